The topological polar surface area (TPSA) is 37.8 Å². The SMILES string of the molecule is CCC(NCc1nnc(C)s1)c1cccs1. The van der Waals surface area contributed by atoms with Crippen molar-refractivity contribution in [3.05, 3.63) is 32.4 Å². The van der Waals surface area contributed by atoms with Crippen molar-refractivity contribution in [3.63, 3.8) is 0 Å². The van der Waals surface area contributed by atoms with E-state index in [4.69, 9.17) is 0 Å². The minimum Gasteiger partial charge on any atom is -0.303 e. The standard InChI is InChI=1S/C11H15N3S2/c1-3-9(10-5-4-6-15-10)12-7-11-14-13-8(2)16-11/h4-6,9,12H,3,7H2,1-2H3. The van der Waals surface area contributed by atoms with Gasteiger partial charge in [0.1, 0.15) is 10.0 Å². The molecule has 2 aromatic heterocycles. The lowest BCUT2D eigenvalue weighted by molar-refractivity contribution is 0.524. The molecule has 0 aliphatic heterocycles. The van der Waals surface area contributed by atoms with Gasteiger partial charge in [-0.1, -0.05) is 13.0 Å². The van der Waals surface area contributed by atoms with Gasteiger partial charge in [0, 0.05) is 10.9 Å². The van der Waals surface area contributed by atoms with Crippen molar-refractivity contribution in [1.29, 1.82) is 0 Å². The van der Waals surface area contributed by atoms with E-state index in [0.29, 0.717) is 6.04 Å². The first-order chi connectivity index (χ1) is 7.79. The molecule has 0 fully saturated rings. The van der Waals surface area contributed by atoms with Crippen LogP contribution in [-0.4, -0.2) is 10.2 Å². The van der Waals surface area contributed by atoms with Crippen LogP contribution >= 0.6 is 22.7 Å². The summed E-state index contributed by atoms with van der Waals surface area (Å²) in [4.78, 5) is 1.39. The lowest BCUT2D eigenvalue weighted by Crippen LogP contribution is -2.19. The molecular formula is C11H15N3S2. The molecule has 0 aliphatic rings. The van der Waals surface area contributed by atoms with Gasteiger partial charge in [-0.2, -0.15) is 0 Å². The minimum atomic E-state index is 0.434. The van der Waals surface area contributed by atoms with Gasteiger partial charge in [0.05, 0.1) is 6.54 Å². The van der Waals surface area contributed by atoms with E-state index in [2.05, 4.69) is 40.0 Å². The second kappa shape index (κ2) is 5.52. The molecule has 0 bridgehead atoms. The van der Waals surface area contributed by atoms with Crippen LogP contribution in [0.25, 0.3) is 0 Å². The number of aromatic nitrogens is 2. The zero-order chi connectivity index (χ0) is 11.4. The van der Waals surface area contributed by atoms with Gasteiger partial charge in [-0.15, -0.1) is 32.9 Å². The van der Waals surface area contributed by atoms with Crippen molar-refractivity contribution in [3.8, 4) is 0 Å². The second-order valence-corrected chi connectivity index (χ2v) is 5.82. The zero-order valence-corrected chi connectivity index (χ0v) is 11.1. The van der Waals surface area contributed by atoms with Gasteiger partial charge >= 0.3 is 0 Å². The van der Waals surface area contributed by atoms with Crippen molar-refractivity contribution >= 4 is 22.7 Å². The third-order valence-electron chi connectivity index (χ3n) is 2.36. The minimum absolute atomic E-state index is 0.434. The van der Waals surface area contributed by atoms with Crippen molar-refractivity contribution in [2.45, 2.75) is 32.9 Å². The molecule has 1 N–H and O–H groups in total. The number of rotatable bonds is 5. The van der Waals surface area contributed by atoms with Gasteiger partial charge in [0.15, 0.2) is 0 Å². The number of nitrogens with zero attached hydrogens (tertiary/aromatic N) is 2. The third-order valence-corrected chi connectivity index (χ3v) is 4.19. The average molecular weight is 253 g/mol. The molecule has 16 heavy (non-hydrogen) atoms. The Morgan fingerprint density at radius 2 is 2.31 bits per heavy atom. The second-order valence-electron chi connectivity index (χ2n) is 3.57. The van der Waals surface area contributed by atoms with Crippen molar-refractivity contribution in [2.75, 3.05) is 0 Å². The number of hydrogen-bond acceptors (Lipinski definition) is 5. The van der Waals surface area contributed by atoms with E-state index in [9.17, 15) is 0 Å². The average Bonchev–Trinajstić information content (AvgIpc) is 2.91. The fraction of sp³-hybridized carbons (Fsp3) is 0.455. The molecule has 5 heteroatoms. The molecule has 1 atom stereocenters. The van der Waals surface area contributed by atoms with Crippen LogP contribution in [0, 0.1) is 6.92 Å². The maximum Gasteiger partial charge on any atom is 0.131 e. The van der Waals surface area contributed by atoms with Crippen LogP contribution < -0.4 is 5.32 Å². The summed E-state index contributed by atoms with van der Waals surface area (Å²) in [7, 11) is 0. The Hall–Kier alpha value is -0.780. The molecule has 86 valence electrons. The quantitative estimate of drug-likeness (QED) is 0.889. The maximum atomic E-state index is 4.11. The first-order valence-corrected chi connectivity index (χ1v) is 7.05. The highest BCUT2D eigenvalue weighted by Crippen LogP contribution is 2.22. The number of hydrogen-bond donors (Lipinski definition) is 1. The van der Waals surface area contributed by atoms with E-state index in [-0.39, 0.29) is 0 Å². The summed E-state index contributed by atoms with van der Waals surface area (Å²) in [6.07, 6.45) is 1.10. The van der Waals surface area contributed by atoms with Gasteiger partial charge in [-0.05, 0) is 24.8 Å². The van der Waals surface area contributed by atoms with E-state index in [1.807, 2.05) is 6.92 Å². The fourth-order valence-corrected chi connectivity index (χ4v) is 3.10. The Morgan fingerprint density at radius 1 is 1.44 bits per heavy atom. The predicted octanol–water partition coefficient (Wildman–Crippen LogP) is 3.15. The summed E-state index contributed by atoms with van der Waals surface area (Å²) >= 11 is 3.46. The molecule has 0 radical (unpaired) electrons. The largest absolute Gasteiger partial charge is 0.303 e. The molecule has 0 amide bonds. The molecular weight excluding hydrogens is 238 g/mol. The molecule has 3 nitrogen and oxygen atoms in total. The molecule has 1 unspecified atom stereocenters. The molecule has 2 rings (SSSR count). The predicted molar refractivity (Wildman–Crippen MR) is 68.8 cm³/mol. The molecule has 0 aromatic carbocycles. The van der Waals surface area contributed by atoms with Crippen LogP contribution in [0.2, 0.25) is 0 Å². The summed E-state index contributed by atoms with van der Waals surface area (Å²) < 4.78 is 0. The molecule has 2 aromatic rings. The highest BCUT2D eigenvalue weighted by atomic mass is 32.1. The van der Waals surface area contributed by atoms with E-state index in [1.165, 1.54) is 4.88 Å². The number of thiophene rings is 1. The van der Waals surface area contributed by atoms with E-state index >= 15 is 0 Å². The highest BCUT2D eigenvalue weighted by molar-refractivity contribution is 7.11. The normalized spacial score (nSPS) is 12.9. The highest BCUT2D eigenvalue weighted by Gasteiger charge is 2.10. The number of nitrogens with one attached hydrogen (secondary N) is 1. The van der Waals surface area contributed by atoms with Crippen LogP contribution in [-0.2, 0) is 6.54 Å². The van der Waals surface area contributed by atoms with E-state index in [0.717, 1.165) is 23.0 Å². The lowest BCUT2D eigenvalue weighted by atomic mass is 10.2. The van der Waals surface area contributed by atoms with Crippen LogP contribution in [0.1, 0.15) is 34.3 Å². The zero-order valence-electron chi connectivity index (χ0n) is 9.43. The fourth-order valence-electron chi connectivity index (χ4n) is 1.56. The Morgan fingerprint density at radius 3 is 2.88 bits per heavy atom. The molecule has 0 spiro atoms. The van der Waals surface area contributed by atoms with Gasteiger partial charge < -0.3 is 5.32 Å². The Bertz CT molecular complexity index is 422. The summed E-state index contributed by atoms with van der Waals surface area (Å²) in [5.74, 6) is 0. The van der Waals surface area contributed by atoms with E-state index in [1.54, 1.807) is 22.7 Å². The summed E-state index contributed by atoms with van der Waals surface area (Å²) in [6, 6.07) is 4.71. The smallest absolute Gasteiger partial charge is 0.131 e. The van der Waals surface area contributed by atoms with Gasteiger partial charge in [-0.25, -0.2) is 0 Å². The summed E-state index contributed by atoms with van der Waals surface area (Å²) in [5, 5.41) is 15.9. The molecule has 0 saturated carbocycles. The Labute approximate surface area is 104 Å². The van der Waals surface area contributed by atoms with Gasteiger partial charge in [0.25, 0.3) is 0 Å². The maximum absolute atomic E-state index is 4.11. The molecule has 2 heterocycles. The Kier molecular flexibility index (Phi) is 4.04. The van der Waals surface area contributed by atoms with Crippen molar-refractivity contribution in [2.24, 2.45) is 0 Å². The van der Waals surface area contributed by atoms with Crippen LogP contribution in [0.3, 0.4) is 0 Å². The third kappa shape index (κ3) is 2.87. The van der Waals surface area contributed by atoms with Crippen LogP contribution in [0.5, 0.6) is 0 Å². The van der Waals surface area contributed by atoms with Crippen molar-refractivity contribution in [1.82, 2.24) is 15.5 Å². The lowest BCUT2D eigenvalue weighted by Gasteiger charge is -2.13. The first-order valence-electron chi connectivity index (χ1n) is 5.35. The van der Waals surface area contributed by atoms with Crippen LogP contribution in [0.15, 0.2) is 17.5 Å². The summed E-state index contributed by atoms with van der Waals surface area (Å²) in [5.41, 5.74) is 0. The van der Waals surface area contributed by atoms with Gasteiger partial charge in [-0.3, -0.25) is 0 Å². The van der Waals surface area contributed by atoms with Crippen molar-refractivity contribution < 1.29 is 0 Å². The van der Waals surface area contributed by atoms with E-state index < -0.39 is 0 Å². The first kappa shape index (κ1) is 11.7. The monoisotopic (exact) mass is 253 g/mol. The van der Waals surface area contributed by atoms with Crippen LogP contribution in [0.4, 0.5) is 0 Å². The number of aryl methyl sites for hydroxylation is 1. The molecule has 0 saturated heterocycles. The summed E-state index contributed by atoms with van der Waals surface area (Å²) in [6.45, 7) is 4.99. The van der Waals surface area contributed by atoms with Gasteiger partial charge in [0.2, 0.25) is 0 Å². The Balaban J connectivity index is 1.93. The molecule has 0 aliphatic carbocycles.